The third-order valence-corrected chi connectivity index (χ3v) is 7.27. The number of nitrogens with two attached hydrogens (primary N) is 1. The van der Waals surface area contributed by atoms with E-state index in [1.807, 2.05) is 0 Å². The quantitative estimate of drug-likeness (QED) is 0.252. The maximum Gasteiger partial charge on any atom is 0.433 e. The number of aromatic nitrogens is 4. The number of furan rings is 1. The van der Waals surface area contributed by atoms with Crippen LogP contribution >= 0.6 is 11.3 Å². The summed E-state index contributed by atoms with van der Waals surface area (Å²) < 4.78 is 74.4. The smallest absolute Gasteiger partial charge is 0.433 e. The molecule has 3 N–H and O–H groups in total. The van der Waals surface area contributed by atoms with E-state index >= 15 is 0 Å². The summed E-state index contributed by atoms with van der Waals surface area (Å²) in [5.74, 6) is -1.93. The molecule has 0 saturated heterocycles. The van der Waals surface area contributed by atoms with Crippen molar-refractivity contribution in [3.63, 3.8) is 0 Å². The highest BCUT2D eigenvalue weighted by atomic mass is 32.1. The van der Waals surface area contributed by atoms with Crippen molar-refractivity contribution in [2.24, 2.45) is 5.73 Å². The molecule has 0 aliphatic heterocycles. The number of carbonyl (C=O) groups is 2. The number of pyridine rings is 1. The summed E-state index contributed by atoms with van der Waals surface area (Å²) in [6.07, 6.45) is -4.13. The largest absolute Gasteiger partial charge is 0.464 e. The minimum Gasteiger partial charge on any atom is -0.464 e. The molecule has 5 aromatic heterocycles. The van der Waals surface area contributed by atoms with Gasteiger partial charge in [-0.1, -0.05) is 0 Å². The summed E-state index contributed by atoms with van der Waals surface area (Å²) >= 11 is 0.678. The molecule has 200 valence electrons. The van der Waals surface area contributed by atoms with Gasteiger partial charge in [0.05, 0.1) is 18.1 Å². The van der Waals surface area contributed by atoms with Gasteiger partial charge in [0, 0.05) is 22.6 Å². The van der Waals surface area contributed by atoms with Crippen LogP contribution in [0.3, 0.4) is 0 Å². The molecule has 0 spiro atoms. The number of hydrogen-bond acceptors (Lipinski definition) is 7. The maximum absolute atomic E-state index is 13.8. The highest BCUT2D eigenvalue weighted by Crippen LogP contribution is 2.44. The minimum absolute atomic E-state index is 0.0309. The van der Waals surface area contributed by atoms with E-state index in [1.165, 1.54) is 18.4 Å². The van der Waals surface area contributed by atoms with Gasteiger partial charge in [-0.15, -0.1) is 11.3 Å². The zero-order chi connectivity index (χ0) is 27.6. The van der Waals surface area contributed by atoms with E-state index in [-0.39, 0.29) is 54.9 Å². The molecule has 1 aliphatic carbocycles. The van der Waals surface area contributed by atoms with Crippen molar-refractivity contribution in [3.8, 4) is 11.3 Å². The fraction of sp³-hybridized carbons (Fsp3) is 0.208. The second-order valence-electron chi connectivity index (χ2n) is 8.81. The summed E-state index contributed by atoms with van der Waals surface area (Å²) in [4.78, 5) is 33.7. The SMILES string of the molecule is NC(=O)c1sc2nc(C(F)F)cc(-c3ccco3)c2c1NC(=O)c1cnn2c(C(F)(F)F)cc(C3CC3)nc12. The molecule has 0 unspecified atom stereocenters. The standard InChI is InChI=1S/C24H15F5N6O3S/c25-19(26)13-6-10(14-2-1-5-38-14)16-17(18(20(30)36)39-23(16)33-13)34-22(37)11-8-31-35-15(24(27,28)29)7-12(9-3-4-9)32-21(11)35/h1-2,5-9,19H,3-4H2,(H2,30,36)(H,34,37). The van der Waals surface area contributed by atoms with E-state index in [2.05, 4.69) is 20.4 Å². The van der Waals surface area contributed by atoms with Crippen molar-refractivity contribution in [2.45, 2.75) is 31.4 Å². The second kappa shape index (κ2) is 8.83. The predicted octanol–water partition coefficient (Wildman–Crippen LogP) is 5.78. The van der Waals surface area contributed by atoms with Crippen LogP contribution in [0.25, 0.3) is 27.2 Å². The first-order chi connectivity index (χ1) is 18.5. The second-order valence-corrected chi connectivity index (χ2v) is 9.81. The van der Waals surface area contributed by atoms with Crippen molar-refractivity contribution >= 4 is 44.7 Å². The van der Waals surface area contributed by atoms with Crippen LogP contribution in [0.2, 0.25) is 0 Å². The number of carbonyl (C=O) groups excluding carboxylic acids is 2. The van der Waals surface area contributed by atoms with Crippen molar-refractivity contribution in [1.29, 1.82) is 0 Å². The molecule has 15 heteroatoms. The number of alkyl halides is 5. The zero-order valence-electron chi connectivity index (χ0n) is 19.4. The van der Waals surface area contributed by atoms with Crippen LogP contribution in [-0.2, 0) is 6.18 Å². The van der Waals surface area contributed by atoms with E-state index in [4.69, 9.17) is 10.2 Å². The fourth-order valence-corrected chi connectivity index (χ4v) is 5.28. The number of rotatable bonds is 6. The number of hydrogen-bond donors (Lipinski definition) is 2. The van der Waals surface area contributed by atoms with Crippen molar-refractivity contribution in [1.82, 2.24) is 19.6 Å². The Morgan fingerprint density at radius 3 is 2.59 bits per heavy atom. The maximum atomic E-state index is 13.8. The monoisotopic (exact) mass is 562 g/mol. The number of thiophene rings is 1. The summed E-state index contributed by atoms with van der Waals surface area (Å²) in [7, 11) is 0. The number of fused-ring (bicyclic) bond motifs is 2. The first-order valence-electron chi connectivity index (χ1n) is 11.4. The molecule has 9 nitrogen and oxygen atoms in total. The predicted molar refractivity (Wildman–Crippen MR) is 129 cm³/mol. The molecule has 2 amide bonds. The average Bonchev–Trinajstić information content (AvgIpc) is 3.26. The molecule has 39 heavy (non-hydrogen) atoms. The van der Waals surface area contributed by atoms with Crippen LogP contribution in [0.15, 0.2) is 41.1 Å². The number of halogens is 5. The third-order valence-electron chi connectivity index (χ3n) is 6.18. The Labute approximate surface area is 218 Å². The van der Waals surface area contributed by atoms with Crippen LogP contribution in [0.1, 0.15) is 62.3 Å². The van der Waals surface area contributed by atoms with E-state index in [1.54, 1.807) is 0 Å². The molecular formula is C24H15F5N6O3S. The Hall–Kier alpha value is -4.40. The first-order valence-corrected chi connectivity index (χ1v) is 12.2. The highest BCUT2D eigenvalue weighted by Gasteiger charge is 2.38. The van der Waals surface area contributed by atoms with E-state index in [0.717, 1.165) is 18.3 Å². The topological polar surface area (TPSA) is 128 Å². The first kappa shape index (κ1) is 24.9. The molecular weight excluding hydrogens is 547 g/mol. The Bertz CT molecular complexity index is 1770. The van der Waals surface area contributed by atoms with Crippen molar-refractivity contribution < 1.29 is 36.0 Å². The van der Waals surface area contributed by atoms with Crippen LogP contribution in [0, 0.1) is 0 Å². The van der Waals surface area contributed by atoms with E-state index in [9.17, 15) is 31.5 Å². The van der Waals surface area contributed by atoms with Gasteiger partial charge in [0.2, 0.25) is 0 Å². The van der Waals surface area contributed by atoms with Gasteiger partial charge in [0.1, 0.15) is 32.4 Å². The molecule has 0 aromatic carbocycles. The van der Waals surface area contributed by atoms with E-state index in [0.29, 0.717) is 28.7 Å². The number of primary amides is 1. The molecule has 5 heterocycles. The normalized spacial score (nSPS) is 14.0. The summed E-state index contributed by atoms with van der Waals surface area (Å²) in [5, 5.41) is 6.35. The van der Waals surface area contributed by atoms with Crippen LogP contribution in [0.4, 0.5) is 27.6 Å². The number of nitrogens with zero attached hydrogens (tertiary/aromatic N) is 4. The van der Waals surface area contributed by atoms with Crippen molar-refractivity contribution in [2.75, 3.05) is 5.32 Å². The van der Waals surface area contributed by atoms with E-state index < -0.39 is 35.8 Å². The van der Waals surface area contributed by atoms with Gasteiger partial charge in [-0.2, -0.15) is 18.3 Å². The molecule has 0 atom stereocenters. The summed E-state index contributed by atoms with van der Waals surface area (Å²) in [5.41, 5.74) is 3.36. The number of anilines is 1. The summed E-state index contributed by atoms with van der Waals surface area (Å²) in [6.45, 7) is 0. The lowest BCUT2D eigenvalue weighted by Gasteiger charge is -2.11. The van der Waals surface area contributed by atoms with Crippen LogP contribution < -0.4 is 11.1 Å². The van der Waals surface area contributed by atoms with Gasteiger partial charge in [0.15, 0.2) is 5.65 Å². The lowest BCUT2D eigenvalue weighted by Crippen LogP contribution is -2.18. The summed E-state index contributed by atoms with van der Waals surface area (Å²) in [6, 6.07) is 4.99. The molecule has 1 fully saturated rings. The van der Waals surface area contributed by atoms with Crippen LogP contribution in [0.5, 0.6) is 0 Å². The molecule has 1 saturated carbocycles. The Morgan fingerprint density at radius 1 is 1.21 bits per heavy atom. The number of nitrogens with one attached hydrogen (secondary N) is 1. The van der Waals surface area contributed by atoms with Crippen molar-refractivity contribution in [3.05, 3.63) is 64.2 Å². The van der Waals surface area contributed by atoms with Gasteiger partial charge >= 0.3 is 6.18 Å². The fourth-order valence-electron chi connectivity index (χ4n) is 4.26. The minimum atomic E-state index is -4.76. The van der Waals surface area contributed by atoms with Crippen LogP contribution in [-0.4, -0.2) is 31.4 Å². The average molecular weight is 562 g/mol. The Balaban J connectivity index is 1.52. The zero-order valence-corrected chi connectivity index (χ0v) is 20.2. The lowest BCUT2D eigenvalue weighted by molar-refractivity contribution is -0.142. The highest BCUT2D eigenvalue weighted by molar-refractivity contribution is 7.21. The van der Waals surface area contributed by atoms with Gasteiger partial charge in [0.25, 0.3) is 18.2 Å². The van der Waals surface area contributed by atoms with Gasteiger partial charge in [-0.25, -0.2) is 23.3 Å². The third kappa shape index (κ3) is 4.27. The molecule has 6 rings (SSSR count). The number of amides is 2. The van der Waals surface area contributed by atoms with Gasteiger partial charge < -0.3 is 15.5 Å². The molecule has 1 aliphatic rings. The molecule has 0 radical (unpaired) electrons. The Kier molecular flexibility index (Phi) is 5.64. The molecule has 0 bridgehead atoms. The Morgan fingerprint density at radius 2 is 1.97 bits per heavy atom. The molecule has 5 aromatic rings. The van der Waals surface area contributed by atoms with Gasteiger partial charge in [-0.3, -0.25) is 9.59 Å². The lowest BCUT2D eigenvalue weighted by atomic mass is 10.1. The van der Waals surface area contributed by atoms with Gasteiger partial charge in [-0.05, 0) is 37.1 Å².